The smallest absolute Gasteiger partial charge is 0.261 e. The maximum absolute atomic E-state index is 12.0. The molecule has 2 aromatic heterocycles. The van der Waals surface area contributed by atoms with Crippen LogP contribution in [0.15, 0.2) is 16.3 Å². The molecular weight excluding hydrogens is 332 g/mol. The molecule has 2 aromatic rings. The predicted molar refractivity (Wildman–Crippen MR) is 85.3 cm³/mol. The summed E-state index contributed by atoms with van der Waals surface area (Å²) in [6.45, 7) is 0.444. The van der Waals surface area contributed by atoms with Crippen molar-refractivity contribution < 1.29 is 13.2 Å². The van der Waals surface area contributed by atoms with Crippen molar-refractivity contribution in [3.05, 3.63) is 17.0 Å². The van der Waals surface area contributed by atoms with E-state index in [1.54, 1.807) is 20.2 Å². The summed E-state index contributed by atoms with van der Waals surface area (Å²) in [6.07, 6.45) is -0.0102. The van der Waals surface area contributed by atoms with Crippen LogP contribution in [0.5, 0.6) is 0 Å². The van der Waals surface area contributed by atoms with E-state index >= 15 is 0 Å². The molecule has 0 saturated carbocycles. The van der Waals surface area contributed by atoms with E-state index in [9.17, 15) is 13.2 Å². The Kier molecular flexibility index (Phi) is 4.96. The van der Waals surface area contributed by atoms with Crippen molar-refractivity contribution in [2.45, 2.75) is 10.4 Å². The van der Waals surface area contributed by atoms with Crippen molar-refractivity contribution in [3.8, 4) is 0 Å². The van der Waals surface area contributed by atoms with Crippen LogP contribution in [-0.2, 0) is 10.0 Å². The summed E-state index contributed by atoms with van der Waals surface area (Å²) in [5.74, 6) is -0.184. The molecule has 0 spiro atoms. The van der Waals surface area contributed by atoms with Crippen LogP contribution in [0.1, 0.15) is 9.67 Å². The molecule has 0 fully saturated rings. The van der Waals surface area contributed by atoms with Crippen LogP contribution < -0.4 is 21.1 Å². The standard InChI is InChI=1S/C11H16N4O3S3/c1-13-8(14-2)5-15-10(16)7-3-6-4-9(21(12,17)18)20-11(6)19-7/h3-4,8,13-14H,5H2,1-2H3,(H,15,16)(H2,12,17,18). The Morgan fingerprint density at radius 1 is 1.29 bits per heavy atom. The van der Waals surface area contributed by atoms with Gasteiger partial charge < -0.3 is 16.0 Å². The second-order valence-corrected chi connectivity index (χ2v) is 8.45. The molecule has 2 heterocycles. The van der Waals surface area contributed by atoms with E-state index < -0.39 is 10.0 Å². The minimum atomic E-state index is -3.69. The van der Waals surface area contributed by atoms with Crippen LogP contribution in [0.2, 0.25) is 0 Å². The van der Waals surface area contributed by atoms with Gasteiger partial charge in [0, 0.05) is 11.9 Å². The summed E-state index contributed by atoms with van der Waals surface area (Å²) in [7, 11) is -0.0981. The minimum absolute atomic E-state index is 0.0102. The summed E-state index contributed by atoms with van der Waals surface area (Å²) in [4.78, 5) is 12.6. The Labute approximate surface area is 130 Å². The normalized spacial score (nSPS) is 12.2. The van der Waals surface area contributed by atoms with E-state index in [0.29, 0.717) is 11.4 Å². The van der Waals surface area contributed by atoms with E-state index in [2.05, 4.69) is 16.0 Å². The first kappa shape index (κ1) is 16.3. The lowest BCUT2D eigenvalue weighted by molar-refractivity contribution is 0.0952. The fraction of sp³-hybridized carbons (Fsp3) is 0.364. The summed E-state index contributed by atoms with van der Waals surface area (Å²) < 4.78 is 23.4. The lowest BCUT2D eigenvalue weighted by Gasteiger charge is -2.15. The summed E-state index contributed by atoms with van der Waals surface area (Å²) >= 11 is 2.33. The highest BCUT2D eigenvalue weighted by Crippen LogP contribution is 2.35. The highest BCUT2D eigenvalue weighted by molar-refractivity contribution is 7.91. The fourth-order valence-corrected chi connectivity index (χ4v) is 4.96. The lowest BCUT2D eigenvalue weighted by atomic mass is 10.3. The number of primary sulfonamides is 1. The van der Waals surface area contributed by atoms with Crippen LogP contribution in [-0.4, -0.2) is 41.1 Å². The first-order valence-electron chi connectivity index (χ1n) is 6.04. The molecule has 0 aliphatic carbocycles. The number of fused-ring (bicyclic) bond motifs is 1. The number of carbonyl (C=O) groups is 1. The van der Waals surface area contributed by atoms with Crippen LogP contribution in [0.25, 0.3) is 9.40 Å². The zero-order chi connectivity index (χ0) is 15.6. The van der Waals surface area contributed by atoms with Gasteiger partial charge in [-0.3, -0.25) is 4.79 Å². The number of nitrogens with two attached hydrogens (primary N) is 1. The van der Waals surface area contributed by atoms with Gasteiger partial charge in [-0.2, -0.15) is 0 Å². The Morgan fingerprint density at radius 3 is 2.48 bits per heavy atom. The van der Waals surface area contributed by atoms with Crippen molar-refractivity contribution >= 4 is 48.0 Å². The topological polar surface area (TPSA) is 113 Å². The second kappa shape index (κ2) is 6.38. The highest BCUT2D eigenvalue weighted by atomic mass is 32.2. The molecule has 7 nitrogen and oxygen atoms in total. The van der Waals surface area contributed by atoms with Crippen LogP contribution in [0.4, 0.5) is 0 Å². The van der Waals surface area contributed by atoms with Crippen molar-refractivity contribution in [2.75, 3.05) is 20.6 Å². The quantitative estimate of drug-likeness (QED) is 0.553. The van der Waals surface area contributed by atoms with E-state index in [4.69, 9.17) is 5.14 Å². The van der Waals surface area contributed by atoms with Gasteiger partial charge in [-0.15, -0.1) is 22.7 Å². The first-order chi connectivity index (χ1) is 9.85. The highest BCUT2D eigenvalue weighted by Gasteiger charge is 2.17. The van der Waals surface area contributed by atoms with E-state index in [0.717, 1.165) is 20.7 Å². The Morgan fingerprint density at radius 2 is 1.95 bits per heavy atom. The van der Waals surface area contributed by atoms with Gasteiger partial charge in [0.1, 0.15) is 4.21 Å². The average Bonchev–Trinajstić information content (AvgIpc) is 2.97. The zero-order valence-electron chi connectivity index (χ0n) is 11.5. The van der Waals surface area contributed by atoms with Gasteiger partial charge in [0.2, 0.25) is 10.0 Å². The number of thiophene rings is 2. The van der Waals surface area contributed by atoms with Gasteiger partial charge in [-0.05, 0) is 26.2 Å². The van der Waals surface area contributed by atoms with Crippen molar-refractivity contribution in [3.63, 3.8) is 0 Å². The molecule has 0 aromatic carbocycles. The second-order valence-electron chi connectivity index (χ2n) is 4.30. The van der Waals surface area contributed by atoms with E-state index in [1.807, 2.05) is 0 Å². The average molecular weight is 348 g/mol. The molecule has 5 N–H and O–H groups in total. The largest absolute Gasteiger partial charge is 0.348 e. The molecule has 10 heteroatoms. The Hall–Kier alpha value is -1.04. The third-order valence-electron chi connectivity index (χ3n) is 2.86. The van der Waals surface area contributed by atoms with E-state index in [1.165, 1.54) is 17.4 Å². The lowest BCUT2D eigenvalue weighted by Crippen LogP contribution is -2.47. The van der Waals surface area contributed by atoms with Gasteiger partial charge in [-0.1, -0.05) is 0 Å². The number of amides is 1. The number of likely N-dealkylation sites (N-methyl/N-ethyl adjacent to an activating group) is 2. The maximum Gasteiger partial charge on any atom is 0.261 e. The third kappa shape index (κ3) is 3.78. The number of sulfonamides is 1. The number of carbonyl (C=O) groups excluding carboxylic acids is 1. The Bertz CT molecular complexity index is 714. The molecule has 0 atom stereocenters. The van der Waals surface area contributed by atoms with Gasteiger partial charge in [0.25, 0.3) is 5.91 Å². The molecule has 0 unspecified atom stereocenters. The maximum atomic E-state index is 12.0. The van der Waals surface area contributed by atoms with Crippen LogP contribution in [0.3, 0.4) is 0 Å². The van der Waals surface area contributed by atoms with Crippen molar-refractivity contribution in [1.29, 1.82) is 0 Å². The first-order valence-corrected chi connectivity index (χ1v) is 9.22. The fourth-order valence-electron chi connectivity index (χ4n) is 1.70. The van der Waals surface area contributed by atoms with Gasteiger partial charge >= 0.3 is 0 Å². The molecule has 2 rings (SSSR count). The number of rotatable bonds is 6. The predicted octanol–water partition coefficient (Wildman–Crippen LogP) is 0.105. The van der Waals surface area contributed by atoms with Crippen molar-refractivity contribution in [1.82, 2.24) is 16.0 Å². The number of hydrogen-bond donors (Lipinski definition) is 4. The molecule has 0 aliphatic rings. The molecule has 0 bridgehead atoms. The third-order valence-corrected chi connectivity index (χ3v) is 6.67. The molecule has 1 amide bonds. The minimum Gasteiger partial charge on any atom is -0.348 e. The van der Waals surface area contributed by atoms with Gasteiger partial charge in [-0.25, -0.2) is 13.6 Å². The Balaban J connectivity index is 2.12. The summed E-state index contributed by atoms with van der Waals surface area (Å²) in [5.41, 5.74) is 0. The molecule has 0 radical (unpaired) electrons. The summed E-state index contributed by atoms with van der Waals surface area (Å²) in [6, 6.07) is 3.17. The molecule has 21 heavy (non-hydrogen) atoms. The van der Waals surface area contributed by atoms with Crippen LogP contribution in [0, 0.1) is 0 Å². The van der Waals surface area contributed by atoms with Gasteiger partial charge in [0.15, 0.2) is 0 Å². The molecular formula is C11H16N4O3S3. The van der Waals surface area contributed by atoms with E-state index in [-0.39, 0.29) is 16.3 Å². The zero-order valence-corrected chi connectivity index (χ0v) is 13.9. The monoisotopic (exact) mass is 348 g/mol. The SMILES string of the molecule is CNC(CNC(=O)c1cc2cc(S(N)(=O)=O)sc2s1)NC. The van der Waals surface area contributed by atoms with Gasteiger partial charge in [0.05, 0.1) is 15.1 Å². The number of nitrogens with one attached hydrogen (secondary N) is 3. The molecule has 0 aliphatic heterocycles. The molecule has 0 saturated heterocycles. The molecule has 116 valence electrons. The summed E-state index contributed by atoms with van der Waals surface area (Å²) in [5, 5.41) is 14.6. The van der Waals surface area contributed by atoms with Crippen molar-refractivity contribution in [2.24, 2.45) is 5.14 Å². The number of hydrogen-bond acceptors (Lipinski definition) is 7. The van der Waals surface area contributed by atoms with Crippen LogP contribution >= 0.6 is 22.7 Å².